The Kier molecular flexibility index (Phi) is 4.23. The highest BCUT2D eigenvalue weighted by molar-refractivity contribution is 7.91. The maximum absolute atomic E-state index is 13.4. The van der Waals surface area contributed by atoms with Crippen molar-refractivity contribution in [1.29, 1.82) is 0 Å². The normalized spacial score (nSPS) is 11.1. The number of sulfonamides is 1. The van der Waals surface area contributed by atoms with Crippen molar-refractivity contribution in [1.82, 2.24) is 0 Å². The third-order valence-corrected chi connectivity index (χ3v) is 3.91. The summed E-state index contributed by atoms with van der Waals surface area (Å²) in [5, 5.41) is 8.86. The highest BCUT2D eigenvalue weighted by Crippen LogP contribution is 2.17. The molecule has 2 aromatic carbocycles. The Bertz CT molecular complexity index is 774. The zero-order valence-corrected chi connectivity index (χ0v) is 11.6. The molecule has 0 unspecified atom stereocenters. The Morgan fingerprint density at radius 2 is 1.86 bits per heavy atom. The smallest absolute Gasteiger partial charge is 0.335 e. The number of aromatic carboxylic acids is 1. The van der Waals surface area contributed by atoms with Gasteiger partial charge in [0.25, 0.3) is 0 Å². The summed E-state index contributed by atoms with van der Waals surface area (Å²) in [7, 11) is -3.84. The van der Waals surface area contributed by atoms with Crippen molar-refractivity contribution in [2.45, 2.75) is 5.75 Å². The summed E-state index contributed by atoms with van der Waals surface area (Å²) in [5.74, 6) is -2.26. The third kappa shape index (κ3) is 4.03. The minimum atomic E-state index is -3.84. The van der Waals surface area contributed by atoms with Gasteiger partial charge < -0.3 is 5.11 Å². The van der Waals surface area contributed by atoms with Crippen molar-refractivity contribution in [3.8, 4) is 0 Å². The first kappa shape index (κ1) is 15.0. The number of carboxylic acids is 1. The van der Waals surface area contributed by atoms with Crippen molar-refractivity contribution >= 4 is 21.7 Å². The Hall–Kier alpha value is -2.41. The molecule has 0 heterocycles. The summed E-state index contributed by atoms with van der Waals surface area (Å²) in [6.45, 7) is 0. The zero-order valence-electron chi connectivity index (χ0n) is 10.8. The quantitative estimate of drug-likeness (QED) is 0.888. The molecule has 5 nitrogen and oxygen atoms in total. The molecule has 0 aliphatic heterocycles. The summed E-state index contributed by atoms with van der Waals surface area (Å²) in [6.07, 6.45) is 0. The van der Waals surface area contributed by atoms with Crippen LogP contribution in [0.15, 0.2) is 48.5 Å². The van der Waals surface area contributed by atoms with E-state index in [1.54, 1.807) is 0 Å². The SMILES string of the molecule is O=C(O)c1cccc(CS(=O)(=O)Nc2ccccc2F)c1. The summed E-state index contributed by atoms with van der Waals surface area (Å²) in [6, 6.07) is 11.0. The number of anilines is 1. The Balaban J connectivity index is 2.20. The number of benzene rings is 2. The number of hydrogen-bond acceptors (Lipinski definition) is 3. The maximum atomic E-state index is 13.4. The number of halogens is 1. The van der Waals surface area contributed by atoms with Crippen LogP contribution in [0.1, 0.15) is 15.9 Å². The highest BCUT2D eigenvalue weighted by atomic mass is 32.2. The highest BCUT2D eigenvalue weighted by Gasteiger charge is 2.15. The lowest BCUT2D eigenvalue weighted by Gasteiger charge is -2.09. The van der Waals surface area contributed by atoms with Crippen LogP contribution >= 0.6 is 0 Å². The first-order valence-electron chi connectivity index (χ1n) is 5.95. The fourth-order valence-electron chi connectivity index (χ4n) is 1.76. The van der Waals surface area contributed by atoms with E-state index in [-0.39, 0.29) is 11.3 Å². The van der Waals surface area contributed by atoms with E-state index in [1.165, 1.54) is 42.5 Å². The second-order valence-corrected chi connectivity index (χ2v) is 6.07. The van der Waals surface area contributed by atoms with Crippen LogP contribution in [-0.4, -0.2) is 19.5 Å². The monoisotopic (exact) mass is 309 g/mol. The number of carbonyl (C=O) groups is 1. The first-order chi connectivity index (χ1) is 9.87. The predicted molar refractivity (Wildman–Crippen MR) is 76.0 cm³/mol. The molecular weight excluding hydrogens is 297 g/mol. The molecular formula is C14H12FNO4S. The van der Waals surface area contributed by atoms with E-state index in [0.29, 0.717) is 5.56 Å². The van der Waals surface area contributed by atoms with Gasteiger partial charge in [0.05, 0.1) is 17.0 Å². The van der Waals surface area contributed by atoms with Crippen LogP contribution in [0.4, 0.5) is 10.1 Å². The van der Waals surface area contributed by atoms with E-state index in [0.717, 1.165) is 6.07 Å². The van der Waals surface area contributed by atoms with Crippen molar-refractivity contribution in [3.05, 3.63) is 65.5 Å². The Labute approximate surface area is 121 Å². The topological polar surface area (TPSA) is 83.5 Å². The van der Waals surface area contributed by atoms with Gasteiger partial charge in [-0.05, 0) is 29.8 Å². The molecule has 2 rings (SSSR count). The van der Waals surface area contributed by atoms with E-state index in [9.17, 15) is 17.6 Å². The third-order valence-electron chi connectivity index (χ3n) is 2.67. The first-order valence-corrected chi connectivity index (χ1v) is 7.60. The van der Waals surface area contributed by atoms with Crippen LogP contribution in [0.2, 0.25) is 0 Å². The molecule has 0 saturated carbocycles. The summed E-state index contributed by atoms with van der Waals surface area (Å²) >= 11 is 0. The lowest BCUT2D eigenvalue weighted by Crippen LogP contribution is -2.16. The molecule has 0 spiro atoms. The standard InChI is InChI=1S/C14H12FNO4S/c15-12-6-1-2-7-13(12)16-21(19,20)9-10-4-3-5-11(8-10)14(17)18/h1-8,16H,9H2,(H,17,18). The number of nitrogens with one attached hydrogen (secondary N) is 1. The summed E-state index contributed by atoms with van der Waals surface area (Å²) in [4.78, 5) is 10.8. The van der Waals surface area contributed by atoms with Gasteiger partial charge in [-0.25, -0.2) is 17.6 Å². The predicted octanol–water partition coefficient (Wildman–Crippen LogP) is 2.47. The van der Waals surface area contributed by atoms with Gasteiger partial charge in [-0.15, -0.1) is 0 Å². The van der Waals surface area contributed by atoms with Gasteiger partial charge in [0, 0.05) is 0 Å². The number of rotatable bonds is 5. The van der Waals surface area contributed by atoms with Gasteiger partial charge in [-0.1, -0.05) is 24.3 Å². The molecule has 0 saturated heterocycles. The Morgan fingerprint density at radius 1 is 1.14 bits per heavy atom. The van der Waals surface area contributed by atoms with Gasteiger partial charge in [0.15, 0.2) is 0 Å². The summed E-state index contributed by atoms with van der Waals surface area (Å²) in [5.41, 5.74) is 0.152. The lowest BCUT2D eigenvalue weighted by molar-refractivity contribution is 0.0696. The average Bonchev–Trinajstić information content (AvgIpc) is 2.41. The van der Waals surface area contributed by atoms with Gasteiger partial charge in [-0.3, -0.25) is 4.72 Å². The molecule has 0 bridgehead atoms. The molecule has 7 heteroatoms. The van der Waals surface area contributed by atoms with E-state index >= 15 is 0 Å². The van der Waals surface area contributed by atoms with Crippen molar-refractivity contribution in [2.24, 2.45) is 0 Å². The van der Waals surface area contributed by atoms with Crippen LogP contribution < -0.4 is 4.72 Å². The molecule has 0 amide bonds. The van der Waals surface area contributed by atoms with E-state index in [4.69, 9.17) is 5.11 Å². The molecule has 2 aromatic rings. The van der Waals surface area contributed by atoms with E-state index in [1.807, 2.05) is 0 Å². The minimum absolute atomic E-state index is 0.00593. The molecule has 0 aliphatic carbocycles. The van der Waals surface area contributed by atoms with Crippen LogP contribution in [-0.2, 0) is 15.8 Å². The molecule has 21 heavy (non-hydrogen) atoms. The van der Waals surface area contributed by atoms with Gasteiger partial charge in [0.1, 0.15) is 5.82 Å². The molecule has 110 valence electrons. The van der Waals surface area contributed by atoms with Crippen LogP contribution in [0.5, 0.6) is 0 Å². The van der Waals surface area contributed by atoms with Crippen LogP contribution in [0.25, 0.3) is 0 Å². The molecule has 0 aromatic heterocycles. The van der Waals surface area contributed by atoms with Crippen molar-refractivity contribution in [3.63, 3.8) is 0 Å². The molecule has 2 N–H and O–H groups in total. The van der Waals surface area contributed by atoms with Gasteiger partial charge >= 0.3 is 5.97 Å². The van der Waals surface area contributed by atoms with Crippen LogP contribution in [0, 0.1) is 5.82 Å². The van der Waals surface area contributed by atoms with Crippen LogP contribution in [0.3, 0.4) is 0 Å². The Morgan fingerprint density at radius 3 is 2.52 bits per heavy atom. The molecule has 0 radical (unpaired) electrons. The molecule has 0 fully saturated rings. The second-order valence-electron chi connectivity index (χ2n) is 4.35. The van der Waals surface area contributed by atoms with Crippen molar-refractivity contribution < 1.29 is 22.7 Å². The summed E-state index contributed by atoms with van der Waals surface area (Å²) < 4.78 is 39.5. The zero-order chi connectivity index (χ0) is 15.5. The number of hydrogen-bond donors (Lipinski definition) is 2. The van der Waals surface area contributed by atoms with Gasteiger partial charge in [0.2, 0.25) is 10.0 Å². The average molecular weight is 309 g/mol. The minimum Gasteiger partial charge on any atom is -0.478 e. The number of para-hydroxylation sites is 1. The van der Waals surface area contributed by atoms with E-state index < -0.39 is 27.6 Å². The molecule has 0 aliphatic rings. The number of carboxylic acid groups (broad SMARTS) is 1. The lowest BCUT2D eigenvalue weighted by atomic mass is 10.1. The second kappa shape index (κ2) is 5.92. The fraction of sp³-hybridized carbons (Fsp3) is 0.0714. The molecule has 0 atom stereocenters. The van der Waals surface area contributed by atoms with Crippen molar-refractivity contribution in [2.75, 3.05) is 4.72 Å². The van der Waals surface area contributed by atoms with Gasteiger partial charge in [-0.2, -0.15) is 0 Å². The fourth-order valence-corrected chi connectivity index (χ4v) is 2.95. The largest absolute Gasteiger partial charge is 0.478 e. The van der Waals surface area contributed by atoms with E-state index in [2.05, 4.69) is 4.72 Å². The maximum Gasteiger partial charge on any atom is 0.335 e.